The van der Waals surface area contributed by atoms with E-state index in [1.807, 2.05) is 37.3 Å². The zero-order chi connectivity index (χ0) is 24.0. The molecular weight excluding hydrogens is 437 g/mol. The number of carbonyl (C=O) groups excluding carboxylic acids is 3. The van der Waals surface area contributed by atoms with Gasteiger partial charge in [0.25, 0.3) is 11.8 Å². The number of halogens is 3. The molecule has 0 aliphatic carbocycles. The van der Waals surface area contributed by atoms with Gasteiger partial charge in [-0.1, -0.05) is 30.3 Å². The molecule has 0 saturated carbocycles. The second-order valence-corrected chi connectivity index (χ2v) is 7.95. The zero-order valence-electron chi connectivity index (χ0n) is 18.1. The summed E-state index contributed by atoms with van der Waals surface area (Å²) in [5.41, 5.74) is 0.276. The maximum absolute atomic E-state index is 12.7. The first-order valence-electron chi connectivity index (χ1n) is 10.6. The number of esters is 1. The average Bonchev–Trinajstić information content (AvgIpc) is 2.82. The SMILES string of the molecule is CC(NC(=O)COC(=O)C1CCN(C(=O)c2ccc(C(F)(F)F)cc2)CC1)c1ccccc1. The lowest BCUT2D eigenvalue weighted by Crippen LogP contribution is -2.41. The highest BCUT2D eigenvalue weighted by Crippen LogP contribution is 2.29. The second-order valence-electron chi connectivity index (χ2n) is 7.95. The van der Waals surface area contributed by atoms with Gasteiger partial charge in [0.15, 0.2) is 6.61 Å². The molecule has 1 unspecified atom stereocenters. The van der Waals surface area contributed by atoms with Crippen molar-refractivity contribution < 1.29 is 32.3 Å². The van der Waals surface area contributed by atoms with Gasteiger partial charge in [-0.2, -0.15) is 13.2 Å². The molecule has 1 heterocycles. The standard InChI is InChI=1S/C24H25F3N2O4/c1-16(17-5-3-2-4-6-17)28-21(30)15-33-23(32)19-11-13-29(14-12-19)22(31)18-7-9-20(10-8-18)24(25,26)27/h2-10,16,19H,11-15H2,1H3,(H,28,30). The van der Waals surface area contributed by atoms with Crippen molar-refractivity contribution in [3.63, 3.8) is 0 Å². The maximum Gasteiger partial charge on any atom is 0.416 e. The first-order valence-corrected chi connectivity index (χ1v) is 10.6. The summed E-state index contributed by atoms with van der Waals surface area (Å²) in [7, 11) is 0. The molecule has 0 aromatic heterocycles. The van der Waals surface area contributed by atoms with Gasteiger partial charge >= 0.3 is 12.1 Å². The summed E-state index contributed by atoms with van der Waals surface area (Å²) in [6.45, 7) is 1.99. The fraction of sp³-hybridized carbons (Fsp3) is 0.375. The highest BCUT2D eigenvalue weighted by Gasteiger charge is 2.32. The number of nitrogens with one attached hydrogen (secondary N) is 1. The molecule has 1 aliphatic heterocycles. The van der Waals surface area contributed by atoms with Crippen LogP contribution in [0.25, 0.3) is 0 Å². The van der Waals surface area contributed by atoms with Crippen LogP contribution in [0, 0.1) is 5.92 Å². The van der Waals surface area contributed by atoms with E-state index in [1.165, 1.54) is 4.90 Å². The molecule has 6 nitrogen and oxygen atoms in total. The van der Waals surface area contributed by atoms with Crippen molar-refractivity contribution in [2.45, 2.75) is 32.0 Å². The first-order chi connectivity index (χ1) is 15.6. The molecule has 0 spiro atoms. The fourth-order valence-corrected chi connectivity index (χ4v) is 3.67. The molecule has 1 N–H and O–H groups in total. The van der Waals surface area contributed by atoms with Gasteiger partial charge in [-0.05, 0) is 49.6 Å². The number of alkyl halides is 3. The topological polar surface area (TPSA) is 75.7 Å². The van der Waals surface area contributed by atoms with E-state index in [-0.39, 0.29) is 37.2 Å². The van der Waals surface area contributed by atoms with Crippen molar-refractivity contribution in [3.8, 4) is 0 Å². The number of piperidine rings is 1. The van der Waals surface area contributed by atoms with Crippen LogP contribution in [0.1, 0.15) is 47.3 Å². The van der Waals surface area contributed by atoms with E-state index in [0.717, 1.165) is 29.8 Å². The predicted molar refractivity (Wildman–Crippen MR) is 114 cm³/mol. The number of rotatable bonds is 6. The highest BCUT2D eigenvalue weighted by molar-refractivity contribution is 5.94. The van der Waals surface area contributed by atoms with Crippen molar-refractivity contribution in [2.24, 2.45) is 5.92 Å². The number of carbonyl (C=O) groups is 3. The van der Waals surface area contributed by atoms with E-state index in [1.54, 1.807) is 0 Å². The predicted octanol–water partition coefficient (Wildman–Crippen LogP) is 3.98. The molecule has 3 rings (SSSR count). The van der Waals surface area contributed by atoms with Crippen molar-refractivity contribution in [3.05, 3.63) is 71.3 Å². The molecule has 176 valence electrons. The van der Waals surface area contributed by atoms with Crippen molar-refractivity contribution in [1.82, 2.24) is 10.2 Å². The molecule has 1 aliphatic rings. The van der Waals surface area contributed by atoms with Gasteiger partial charge in [0.05, 0.1) is 17.5 Å². The van der Waals surface area contributed by atoms with Crippen LogP contribution in [0.5, 0.6) is 0 Å². The number of likely N-dealkylation sites (tertiary alicyclic amines) is 1. The summed E-state index contributed by atoms with van der Waals surface area (Å²) in [5, 5.41) is 2.77. The Morgan fingerprint density at radius 1 is 1.03 bits per heavy atom. The third-order valence-corrected chi connectivity index (χ3v) is 5.60. The molecule has 2 aromatic rings. The molecule has 33 heavy (non-hydrogen) atoms. The van der Waals surface area contributed by atoms with E-state index >= 15 is 0 Å². The number of ether oxygens (including phenoxy) is 1. The van der Waals surface area contributed by atoms with Gasteiger partial charge < -0.3 is 15.0 Å². The molecule has 1 atom stereocenters. The van der Waals surface area contributed by atoms with E-state index in [9.17, 15) is 27.6 Å². The number of amides is 2. The van der Waals surface area contributed by atoms with Gasteiger partial charge in [0.2, 0.25) is 0 Å². The Kier molecular flexibility index (Phi) is 7.73. The molecule has 2 aromatic carbocycles. The Morgan fingerprint density at radius 2 is 1.64 bits per heavy atom. The van der Waals surface area contributed by atoms with E-state index in [0.29, 0.717) is 12.8 Å². The first kappa shape index (κ1) is 24.3. The minimum absolute atomic E-state index is 0.160. The molecule has 0 bridgehead atoms. The quantitative estimate of drug-likeness (QED) is 0.659. The van der Waals surface area contributed by atoms with Gasteiger partial charge in [0.1, 0.15) is 0 Å². The van der Waals surface area contributed by atoms with Crippen LogP contribution in [-0.4, -0.2) is 42.4 Å². The Labute approximate surface area is 189 Å². The maximum atomic E-state index is 12.7. The zero-order valence-corrected chi connectivity index (χ0v) is 18.1. The van der Waals surface area contributed by atoms with Crippen molar-refractivity contribution >= 4 is 17.8 Å². The van der Waals surface area contributed by atoms with E-state index in [4.69, 9.17) is 4.74 Å². The summed E-state index contributed by atoms with van der Waals surface area (Å²) in [4.78, 5) is 38.5. The monoisotopic (exact) mass is 462 g/mol. The Bertz CT molecular complexity index is 969. The van der Waals surface area contributed by atoms with Crippen LogP contribution < -0.4 is 5.32 Å². The average molecular weight is 462 g/mol. The Hall–Kier alpha value is -3.36. The second kappa shape index (κ2) is 10.5. The number of hydrogen-bond donors (Lipinski definition) is 1. The third kappa shape index (κ3) is 6.57. The van der Waals surface area contributed by atoms with Crippen LogP contribution >= 0.6 is 0 Å². The number of nitrogens with zero attached hydrogens (tertiary/aromatic N) is 1. The van der Waals surface area contributed by atoms with Crippen LogP contribution in [0.2, 0.25) is 0 Å². The highest BCUT2D eigenvalue weighted by atomic mass is 19.4. The number of hydrogen-bond acceptors (Lipinski definition) is 4. The summed E-state index contributed by atoms with van der Waals surface area (Å²) < 4.78 is 43.2. The molecule has 1 saturated heterocycles. The molecule has 9 heteroatoms. The van der Waals surface area contributed by atoms with Gasteiger partial charge in [-0.15, -0.1) is 0 Å². The van der Waals surface area contributed by atoms with Crippen LogP contribution in [-0.2, 0) is 20.5 Å². The van der Waals surface area contributed by atoms with Crippen LogP contribution in [0.3, 0.4) is 0 Å². The summed E-state index contributed by atoms with van der Waals surface area (Å²) >= 11 is 0. The summed E-state index contributed by atoms with van der Waals surface area (Å²) in [6.07, 6.45) is -3.75. The van der Waals surface area contributed by atoms with E-state index < -0.39 is 29.5 Å². The van der Waals surface area contributed by atoms with Crippen molar-refractivity contribution in [2.75, 3.05) is 19.7 Å². The van der Waals surface area contributed by atoms with Crippen LogP contribution in [0.15, 0.2) is 54.6 Å². The lowest BCUT2D eigenvalue weighted by atomic mass is 9.96. The Balaban J connectivity index is 1.43. The molecular formula is C24H25F3N2O4. The summed E-state index contributed by atoms with van der Waals surface area (Å²) in [6, 6.07) is 13.2. The fourth-order valence-electron chi connectivity index (χ4n) is 3.67. The smallest absolute Gasteiger partial charge is 0.416 e. The molecule has 2 amide bonds. The minimum Gasteiger partial charge on any atom is -0.455 e. The van der Waals surface area contributed by atoms with Gasteiger partial charge in [0, 0.05) is 18.7 Å². The Morgan fingerprint density at radius 3 is 2.21 bits per heavy atom. The largest absolute Gasteiger partial charge is 0.455 e. The van der Waals surface area contributed by atoms with Gasteiger partial charge in [-0.25, -0.2) is 0 Å². The lowest BCUT2D eigenvalue weighted by Gasteiger charge is -2.31. The van der Waals surface area contributed by atoms with E-state index in [2.05, 4.69) is 5.32 Å². The minimum atomic E-state index is -4.46. The van der Waals surface area contributed by atoms with Crippen molar-refractivity contribution in [1.29, 1.82) is 0 Å². The lowest BCUT2D eigenvalue weighted by molar-refractivity contribution is -0.154. The van der Waals surface area contributed by atoms with Crippen LogP contribution in [0.4, 0.5) is 13.2 Å². The third-order valence-electron chi connectivity index (χ3n) is 5.60. The molecule has 0 radical (unpaired) electrons. The normalized spacial score (nSPS) is 15.6. The molecule has 1 fully saturated rings. The number of benzene rings is 2. The summed E-state index contributed by atoms with van der Waals surface area (Å²) in [5.74, 6) is -1.74. The van der Waals surface area contributed by atoms with Gasteiger partial charge in [-0.3, -0.25) is 14.4 Å².